The molecule has 0 saturated carbocycles. The first-order valence-electron chi connectivity index (χ1n) is 11.0. The van der Waals surface area contributed by atoms with Crippen LogP contribution in [0.3, 0.4) is 0 Å². The van der Waals surface area contributed by atoms with Crippen LogP contribution in [0.1, 0.15) is 30.3 Å². The van der Waals surface area contributed by atoms with Crippen LogP contribution in [0.2, 0.25) is 0 Å². The summed E-state index contributed by atoms with van der Waals surface area (Å²) in [5.41, 5.74) is 1.96. The summed E-state index contributed by atoms with van der Waals surface area (Å²) in [4.78, 5) is 44.8. The van der Waals surface area contributed by atoms with Gasteiger partial charge in [-0.25, -0.2) is 14.2 Å². The topological polar surface area (TPSA) is 133 Å². The van der Waals surface area contributed by atoms with Gasteiger partial charge in [0.2, 0.25) is 23.5 Å². The monoisotopic (exact) mass is 505 g/mol. The molecule has 1 aliphatic rings. The van der Waals surface area contributed by atoms with E-state index in [4.69, 9.17) is 8.94 Å². The number of thiazole rings is 1. The summed E-state index contributed by atoms with van der Waals surface area (Å²) < 4.78 is 27.1. The molecule has 5 aromatic rings. The molecule has 1 N–H and O–H groups in total. The number of fused-ring (bicyclic) bond motifs is 1. The second-order valence-corrected chi connectivity index (χ2v) is 9.09. The van der Waals surface area contributed by atoms with Gasteiger partial charge in [-0.2, -0.15) is 4.98 Å². The van der Waals surface area contributed by atoms with Crippen LogP contribution in [-0.2, 0) is 16.0 Å². The third-order valence-corrected chi connectivity index (χ3v) is 6.73. The predicted octanol–water partition coefficient (Wildman–Crippen LogP) is 3.48. The Bertz CT molecular complexity index is 1690. The Morgan fingerprint density at radius 3 is 2.83 bits per heavy atom. The van der Waals surface area contributed by atoms with Gasteiger partial charge in [0, 0.05) is 23.6 Å². The number of nitrogens with zero attached hydrogens (tertiary/aromatic N) is 4. The van der Waals surface area contributed by atoms with Gasteiger partial charge in [-0.3, -0.25) is 19.5 Å². The van der Waals surface area contributed by atoms with E-state index in [0.29, 0.717) is 27.2 Å². The van der Waals surface area contributed by atoms with E-state index in [9.17, 15) is 14.4 Å². The molecule has 2 aromatic carbocycles. The lowest BCUT2D eigenvalue weighted by molar-refractivity contribution is -0.135. The fourth-order valence-electron chi connectivity index (χ4n) is 4.25. The number of carbonyl (C=O) groups is 2. The molecule has 3 aromatic heterocycles. The first-order chi connectivity index (χ1) is 17.5. The summed E-state index contributed by atoms with van der Waals surface area (Å²) in [6, 6.07) is 9.09. The van der Waals surface area contributed by atoms with Crippen LogP contribution in [0.25, 0.3) is 33.1 Å². The standard InChI is InChI=1S/C24H16FN5O5S/c25-20-13(2-1-3-14(20)23-26-8-9-36-23)21-28-19(35-29-21)11-12-4-6-17-16(10-12)30(24(33)34-17)15-5-7-18(31)27-22(15)32/h1-4,6,8-10,15H,5,7,11H2,(H,27,31,32). The number of nitrogens with one attached hydrogen (secondary N) is 1. The number of imide groups is 1. The van der Waals surface area contributed by atoms with E-state index in [2.05, 4.69) is 20.4 Å². The van der Waals surface area contributed by atoms with E-state index >= 15 is 4.39 Å². The van der Waals surface area contributed by atoms with E-state index in [1.165, 1.54) is 15.9 Å². The average molecular weight is 505 g/mol. The Labute approximate surface area is 205 Å². The number of rotatable bonds is 5. The summed E-state index contributed by atoms with van der Waals surface area (Å²) in [6.07, 6.45) is 2.13. The first-order valence-corrected chi connectivity index (χ1v) is 11.8. The highest BCUT2D eigenvalue weighted by atomic mass is 32.1. The molecular weight excluding hydrogens is 489 g/mol. The van der Waals surface area contributed by atoms with Gasteiger partial charge in [-0.05, 0) is 36.2 Å². The molecule has 6 rings (SSSR count). The lowest BCUT2D eigenvalue weighted by Crippen LogP contribution is -2.43. The van der Waals surface area contributed by atoms with Gasteiger partial charge >= 0.3 is 5.76 Å². The van der Waals surface area contributed by atoms with Gasteiger partial charge in [-0.1, -0.05) is 17.3 Å². The highest BCUT2D eigenvalue weighted by Crippen LogP contribution is 2.31. The molecule has 36 heavy (non-hydrogen) atoms. The zero-order valence-electron chi connectivity index (χ0n) is 18.4. The molecule has 1 fully saturated rings. The summed E-state index contributed by atoms with van der Waals surface area (Å²) in [7, 11) is 0. The second kappa shape index (κ2) is 8.64. The third-order valence-electron chi connectivity index (χ3n) is 5.92. The van der Waals surface area contributed by atoms with Gasteiger partial charge in [0.15, 0.2) is 5.58 Å². The van der Waals surface area contributed by atoms with Crippen molar-refractivity contribution in [1.82, 2.24) is 25.0 Å². The third kappa shape index (κ3) is 3.81. The Hall–Kier alpha value is -4.45. The lowest BCUT2D eigenvalue weighted by atomic mass is 10.1. The van der Waals surface area contributed by atoms with Crippen LogP contribution in [0, 0.1) is 5.82 Å². The van der Waals surface area contributed by atoms with Gasteiger partial charge in [0.1, 0.15) is 16.9 Å². The molecule has 0 aliphatic carbocycles. The van der Waals surface area contributed by atoms with Crippen molar-refractivity contribution in [2.45, 2.75) is 25.3 Å². The quantitative estimate of drug-likeness (QED) is 0.359. The van der Waals surface area contributed by atoms with Crippen LogP contribution in [-0.4, -0.2) is 31.5 Å². The number of amides is 2. The van der Waals surface area contributed by atoms with E-state index < -0.39 is 23.5 Å². The Morgan fingerprint density at radius 1 is 1.17 bits per heavy atom. The van der Waals surface area contributed by atoms with E-state index in [1.807, 2.05) is 0 Å². The molecule has 0 spiro atoms. The molecule has 10 nitrogen and oxygen atoms in total. The van der Waals surface area contributed by atoms with Crippen molar-refractivity contribution >= 4 is 34.3 Å². The molecule has 1 unspecified atom stereocenters. The Morgan fingerprint density at radius 2 is 2.03 bits per heavy atom. The number of carbonyl (C=O) groups excluding carboxylic acids is 2. The minimum Gasteiger partial charge on any atom is -0.408 e. The molecule has 1 atom stereocenters. The normalized spacial score (nSPS) is 16.0. The smallest absolute Gasteiger partial charge is 0.408 e. The van der Waals surface area contributed by atoms with Gasteiger partial charge in [0.25, 0.3) is 0 Å². The number of benzene rings is 2. The summed E-state index contributed by atoms with van der Waals surface area (Å²) in [5, 5.41) is 8.51. The van der Waals surface area contributed by atoms with Crippen molar-refractivity contribution in [2.24, 2.45) is 0 Å². The molecule has 12 heteroatoms. The Kier molecular flexibility index (Phi) is 5.29. The molecule has 1 aliphatic heterocycles. The number of oxazole rings is 1. The zero-order valence-corrected chi connectivity index (χ0v) is 19.3. The largest absolute Gasteiger partial charge is 0.420 e. The molecule has 0 bridgehead atoms. The van der Waals surface area contributed by atoms with Gasteiger partial charge in [0.05, 0.1) is 17.5 Å². The number of halogens is 1. The van der Waals surface area contributed by atoms with Gasteiger partial charge < -0.3 is 8.94 Å². The fraction of sp³-hybridized carbons (Fsp3) is 0.167. The molecule has 1 saturated heterocycles. The SMILES string of the molecule is O=C1CCC(n2c(=O)oc3ccc(Cc4nc(-c5cccc(-c6nccs6)c5F)no4)cc32)C(=O)N1. The maximum atomic E-state index is 15.2. The van der Waals surface area contributed by atoms with Crippen LogP contribution < -0.4 is 11.1 Å². The second-order valence-electron chi connectivity index (χ2n) is 8.20. The minimum absolute atomic E-state index is 0.103. The number of piperidine rings is 1. The van der Waals surface area contributed by atoms with Crippen molar-refractivity contribution in [3.63, 3.8) is 0 Å². The van der Waals surface area contributed by atoms with Crippen LogP contribution >= 0.6 is 11.3 Å². The van der Waals surface area contributed by atoms with E-state index in [0.717, 1.165) is 0 Å². The molecule has 180 valence electrons. The van der Waals surface area contributed by atoms with Crippen molar-refractivity contribution in [2.75, 3.05) is 0 Å². The molecule has 0 radical (unpaired) electrons. The number of hydrogen-bond donors (Lipinski definition) is 1. The summed E-state index contributed by atoms with van der Waals surface area (Å²) >= 11 is 1.33. The van der Waals surface area contributed by atoms with E-state index in [1.54, 1.807) is 48.0 Å². The average Bonchev–Trinajstić information content (AvgIpc) is 3.60. The van der Waals surface area contributed by atoms with Gasteiger partial charge in [-0.15, -0.1) is 11.3 Å². The minimum atomic E-state index is -0.852. The van der Waals surface area contributed by atoms with Crippen LogP contribution in [0.5, 0.6) is 0 Å². The highest BCUT2D eigenvalue weighted by Gasteiger charge is 2.31. The summed E-state index contributed by atoms with van der Waals surface area (Å²) in [5.74, 6) is -1.77. The molecular formula is C24H16FN5O5S. The van der Waals surface area contributed by atoms with E-state index in [-0.39, 0.29) is 42.4 Å². The fourth-order valence-corrected chi connectivity index (χ4v) is 4.91. The Balaban J connectivity index is 1.30. The maximum absolute atomic E-state index is 15.2. The lowest BCUT2D eigenvalue weighted by Gasteiger charge is -2.21. The van der Waals surface area contributed by atoms with Crippen molar-refractivity contribution in [3.05, 3.63) is 75.8 Å². The van der Waals surface area contributed by atoms with Crippen LogP contribution in [0.4, 0.5) is 4.39 Å². The number of hydrogen-bond acceptors (Lipinski definition) is 9. The first kappa shape index (κ1) is 22.0. The highest BCUT2D eigenvalue weighted by molar-refractivity contribution is 7.13. The number of aromatic nitrogens is 4. The van der Waals surface area contributed by atoms with Crippen molar-refractivity contribution in [3.8, 4) is 22.0 Å². The van der Waals surface area contributed by atoms with Crippen molar-refractivity contribution in [1.29, 1.82) is 0 Å². The molecule has 4 heterocycles. The van der Waals surface area contributed by atoms with Crippen LogP contribution in [0.15, 0.2) is 61.7 Å². The van der Waals surface area contributed by atoms with Crippen molar-refractivity contribution < 1.29 is 22.9 Å². The molecule has 2 amide bonds. The summed E-state index contributed by atoms with van der Waals surface area (Å²) in [6.45, 7) is 0. The maximum Gasteiger partial charge on any atom is 0.420 e. The predicted molar refractivity (Wildman–Crippen MR) is 126 cm³/mol. The zero-order chi connectivity index (χ0) is 24.8.